The number of nitrogens with one attached hydrogen (secondary N) is 2. The summed E-state index contributed by atoms with van der Waals surface area (Å²) in [5.41, 5.74) is 0.700. The average Bonchev–Trinajstić information content (AvgIpc) is 3.30. The number of carbonyl (C=O) groups is 1. The molecule has 0 saturated heterocycles. The Morgan fingerprint density at radius 3 is 2.71 bits per heavy atom. The number of benzene rings is 1. The number of hydrogen-bond acceptors (Lipinski definition) is 6. The standard InChI is InChI=1S/C17H17ClN4O5S/c1-22(2)17(23)11-9-19-20-16(11)14-6-7-15(27-14)28(24,25)21-12-8-10(18)4-5-13(12)26-3/h4-9,21H,1-3H3,(H,19,20). The van der Waals surface area contributed by atoms with Crippen molar-refractivity contribution in [2.24, 2.45) is 0 Å². The molecule has 0 saturated carbocycles. The molecule has 0 radical (unpaired) electrons. The van der Waals surface area contributed by atoms with E-state index >= 15 is 0 Å². The van der Waals surface area contributed by atoms with Crippen LogP contribution >= 0.6 is 11.6 Å². The van der Waals surface area contributed by atoms with Crippen molar-refractivity contribution >= 4 is 33.2 Å². The van der Waals surface area contributed by atoms with Gasteiger partial charge in [0.15, 0.2) is 5.76 Å². The molecule has 0 aliphatic heterocycles. The Kier molecular flexibility index (Phi) is 5.34. The third-order valence-electron chi connectivity index (χ3n) is 3.77. The fourth-order valence-corrected chi connectivity index (χ4v) is 3.60. The fraction of sp³-hybridized carbons (Fsp3) is 0.176. The number of amides is 1. The molecule has 3 aromatic rings. The molecule has 1 aromatic carbocycles. The number of methoxy groups -OCH3 is 1. The number of aromatic amines is 1. The van der Waals surface area contributed by atoms with Gasteiger partial charge in [-0.25, -0.2) is 0 Å². The Labute approximate surface area is 166 Å². The van der Waals surface area contributed by atoms with Crippen LogP contribution in [0, 0.1) is 0 Å². The van der Waals surface area contributed by atoms with Crippen LogP contribution in [0.25, 0.3) is 11.5 Å². The van der Waals surface area contributed by atoms with Gasteiger partial charge in [0.25, 0.3) is 15.9 Å². The van der Waals surface area contributed by atoms with Gasteiger partial charge in [0.1, 0.15) is 11.4 Å². The van der Waals surface area contributed by atoms with Crippen LogP contribution in [0.15, 0.2) is 46.0 Å². The van der Waals surface area contributed by atoms with E-state index in [2.05, 4.69) is 14.9 Å². The van der Waals surface area contributed by atoms with Crippen LogP contribution in [0.5, 0.6) is 5.75 Å². The van der Waals surface area contributed by atoms with Crippen molar-refractivity contribution in [3.63, 3.8) is 0 Å². The Morgan fingerprint density at radius 2 is 2.04 bits per heavy atom. The Bertz CT molecular complexity index is 1120. The van der Waals surface area contributed by atoms with E-state index in [0.717, 1.165) is 0 Å². The molecule has 0 unspecified atom stereocenters. The molecule has 0 bridgehead atoms. The lowest BCUT2D eigenvalue weighted by molar-refractivity contribution is 0.0828. The van der Waals surface area contributed by atoms with Gasteiger partial charge in [-0.1, -0.05) is 11.6 Å². The SMILES string of the molecule is COc1ccc(Cl)cc1NS(=O)(=O)c1ccc(-c2[nH]ncc2C(=O)N(C)C)o1. The van der Waals surface area contributed by atoms with E-state index in [9.17, 15) is 13.2 Å². The van der Waals surface area contributed by atoms with Gasteiger partial charge in [-0.15, -0.1) is 0 Å². The fourth-order valence-electron chi connectivity index (χ4n) is 2.43. The largest absolute Gasteiger partial charge is 0.495 e. The maximum atomic E-state index is 12.7. The molecule has 2 N–H and O–H groups in total. The van der Waals surface area contributed by atoms with Crippen molar-refractivity contribution in [1.82, 2.24) is 15.1 Å². The second-order valence-electron chi connectivity index (χ2n) is 5.93. The summed E-state index contributed by atoms with van der Waals surface area (Å²) in [6, 6.07) is 7.25. The van der Waals surface area contributed by atoms with Gasteiger partial charge in [0.05, 0.1) is 24.6 Å². The smallest absolute Gasteiger partial charge is 0.295 e. The minimum Gasteiger partial charge on any atom is -0.495 e. The average molecular weight is 425 g/mol. The molecule has 0 aliphatic carbocycles. The summed E-state index contributed by atoms with van der Waals surface area (Å²) < 4.78 is 38.4. The van der Waals surface area contributed by atoms with Gasteiger partial charge < -0.3 is 14.1 Å². The van der Waals surface area contributed by atoms with Crippen molar-refractivity contribution < 1.29 is 22.4 Å². The first kappa shape index (κ1) is 19.8. The third-order valence-corrected chi connectivity index (χ3v) is 5.25. The second kappa shape index (κ2) is 7.56. The van der Waals surface area contributed by atoms with Crippen LogP contribution in [0.3, 0.4) is 0 Å². The minimum atomic E-state index is -4.07. The van der Waals surface area contributed by atoms with E-state index in [1.165, 1.54) is 42.5 Å². The lowest BCUT2D eigenvalue weighted by Gasteiger charge is -2.11. The number of furan rings is 1. The highest BCUT2D eigenvalue weighted by Gasteiger charge is 2.24. The van der Waals surface area contributed by atoms with E-state index < -0.39 is 10.0 Å². The monoisotopic (exact) mass is 424 g/mol. The van der Waals surface area contributed by atoms with Crippen molar-refractivity contribution in [2.75, 3.05) is 25.9 Å². The lowest BCUT2D eigenvalue weighted by atomic mass is 10.2. The van der Waals surface area contributed by atoms with Crippen LogP contribution in [-0.4, -0.2) is 50.6 Å². The summed E-state index contributed by atoms with van der Waals surface area (Å²) in [6.45, 7) is 0. The lowest BCUT2D eigenvalue weighted by Crippen LogP contribution is -2.21. The first-order chi connectivity index (χ1) is 13.2. The minimum absolute atomic E-state index is 0.154. The number of rotatable bonds is 6. The first-order valence-electron chi connectivity index (χ1n) is 7.94. The molecular weight excluding hydrogens is 408 g/mol. The molecule has 148 valence electrons. The van der Waals surface area contributed by atoms with E-state index in [1.54, 1.807) is 20.2 Å². The maximum Gasteiger partial charge on any atom is 0.295 e. The van der Waals surface area contributed by atoms with Gasteiger partial charge in [-0.3, -0.25) is 14.6 Å². The van der Waals surface area contributed by atoms with Crippen LogP contribution in [0.4, 0.5) is 5.69 Å². The Balaban J connectivity index is 1.93. The number of anilines is 1. The number of carbonyl (C=O) groups excluding carboxylic acids is 1. The predicted molar refractivity (Wildman–Crippen MR) is 103 cm³/mol. The van der Waals surface area contributed by atoms with Crippen LogP contribution < -0.4 is 9.46 Å². The van der Waals surface area contributed by atoms with E-state index in [1.807, 2.05) is 0 Å². The van der Waals surface area contributed by atoms with Gasteiger partial charge in [0, 0.05) is 19.1 Å². The molecular formula is C17H17ClN4O5S. The van der Waals surface area contributed by atoms with Crippen molar-refractivity contribution in [3.05, 3.63) is 47.1 Å². The summed E-state index contributed by atoms with van der Waals surface area (Å²) in [6.07, 6.45) is 1.35. The summed E-state index contributed by atoms with van der Waals surface area (Å²) in [5, 5.41) is 6.49. The first-order valence-corrected chi connectivity index (χ1v) is 9.80. The van der Waals surface area contributed by atoms with Crippen LogP contribution in [0.1, 0.15) is 10.4 Å². The maximum absolute atomic E-state index is 12.7. The molecule has 2 aromatic heterocycles. The molecule has 2 heterocycles. The molecule has 0 spiro atoms. The van der Waals surface area contributed by atoms with Gasteiger partial charge >= 0.3 is 0 Å². The summed E-state index contributed by atoms with van der Waals surface area (Å²) in [5.74, 6) is 0.152. The number of nitrogens with zero attached hydrogens (tertiary/aromatic N) is 2. The molecule has 28 heavy (non-hydrogen) atoms. The van der Waals surface area contributed by atoms with Crippen LogP contribution in [-0.2, 0) is 10.0 Å². The van der Waals surface area contributed by atoms with E-state index in [4.69, 9.17) is 20.8 Å². The number of halogens is 1. The van der Waals surface area contributed by atoms with Crippen molar-refractivity contribution in [3.8, 4) is 17.2 Å². The highest BCUT2D eigenvalue weighted by Crippen LogP contribution is 2.31. The Hall–Kier alpha value is -2.98. The Morgan fingerprint density at radius 1 is 1.29 bits per heavy atom. The van der Waals surface area contributed by atoms with Crippen molar-refractivity contribution in [2.45, 2.75) is 5.09 Å². The summed E-state index contributed by atoms with van der Waals surface area (Å²) in [4.78, 5) is 13.6. The highest BCUT2D eigenvalue weighted by atomic mass is 35.5. The molecule has 0 fully saturated rings. The molecule has 11 heteroatoms. The quantitative estimate of drug-likeness (QED) is 0.628. The third kappa shape index (κ3) is 3.82. The zero-order valence-electron chi connectivity index (χ0n) is 15.2. The zero-order chi connectivity index (χ0) is 20.5. The molecule has 0 atom stereocenters. The summed E-state index contributed by atoms with van der Waals surface area (Å²) >= 11 is 5.93. The molecule has 3 rings (SSSR count). The number of H-pyrrole nitrogens is 1. The highest BCUT2D eigenvalue weighted by molar-refractivity contribution is 7.92. The number of hydrogen-bond donors (Lipinski definition) is 2. The van der Waals surface area contributed by atoms with Crippen molar-refractivity contribution in [1.29, 1.82) is 0 Å². The number of sulfonamides is 1. The van der Waals surface area contributed by atoms with Gasteiger partial charge in [-0.05, 0) is 30.3 Å². The molecule has 0 aliphatic rings. The van der Waals surface area contributed by atoms with Gasteiger partial charge in [-0.2, -0.15) is 13.5 Å². The number of ether oxygens (including phenoxy) is 1. The molecule has 9 nitrogen and oxygen atoms in total. The van der Waals surface area contributed by atoms with Gasteiger partial charge in [0.2, 0.25) is 5.09 Å². The number of aromatic nitrogens is 2. The van der Waals surface area contributed by atoms with E-state index in [-0.39, 0.29) is 33.7 Å². The zero-order valence-corrected chi connectivity index (χ0v) is 16.8. The second-order valence-corrected chi connectivity index (χ2v) is 7.98. The predicted octanol–water partition coefficient (Wildman–Crippen LogP) is 2.83. The van der Waals surface area contributed by atoms with Crippen LogP contribution in [0.2, 0.25) is 5.02 Å². The molecule has 1 amide bonds. The van der Waals surface area contributed by atoms with E-state index in [0.29, 0.717) is 10.8 Å². The topological polar surface area (TPSA) is 118 Å². The summed E-state index contributed by atoms with van der Waals surface area (Å²) in [7, 11) is 0.536. The normalized spacial score (nSPS) is 11.3.